The molecule has 4 nitrogen and oxygen atoms in total. The van der Waals surface area contributed by atoms with E-state index in [1.807, 2.05) is 19.1 Å². The van der Waals surface area contributed by atoms with Crippen LogP contribution in [-0.2, 0) is 14.8 Å². The zero-order chi connectivity index (χ0) is 13.9. The van der Waals surface area contributed by atoms with Crippen LogP contribution in [0, 0.1) is 12.8 Å². The fraction of sp³-hybridized carbons (Fsp3) is 0.571. The van der Waals surface area contributed by atoms with Gasteiger partial charge in [0.25, 0.3) is 0 Å². The van der Waals surface area contributed by atoms with Crippen LogP contribution in [0.4, 0.5) is 0 Å². The lowest BCUT2D eigenvalue weighted by Gasteiger charge is -2.18. The molecule has 1 aliphatic rings. The Morgan fingerprint density at radius 2 is 1.95 bits per heavy atom. The van der Waals surface area contributed by atoms with Crippen molar-refractivity contribution in [3.05, 3.63) is 29.8 Å². The van der Waals surface area contributed by atoms with Gasteiger partial charge in [-0.05, 0) is 37.8 Å². The average molecular weight is 283 g/mol. The smallest absolute Gasteiger partial charge is 0.240 e. The van der Waals surface area contributed by atoms with Crippen LogP contribution in [0.15, 0.2) is 29.2 Å². The Labute approximate surface area is 115 Å². The number of rotatable bonds is 5. The molecule has 5 heteroatoms. The quantitative estimate of drug-likeness (QED) is 0.900. The van der Waals surface area contributed by atoms with Gasteiger partial charge in [0.05, 0.1) is 11.0 Å². The van der Waals surface area contributed by atoms with Crippen molar-refractivity contribution in [1.29, 1.82) is 0 Å². The van der Waals surface area contributed by atoms with E-state index in [4.69, 9.17) is 4.74 Å². The SMILES string of the molecule is CO[C@H]1CCC[C@H]1CNS(=O)(=O)c1ccc(C)cc1. The van der Waals surface area contributed by atoms with Crippen LogP contribution in [-0.4, -0.2) is 28.2 Å². The Kier molecular flexibility index (Phi) is 4.60. The van der Waals surface area contributed by atoms with Crippen molar-refractivity contribution in [2.45, 2.75) is 37.2 Å². The Bertz CT molecular complexity index is 510. The van der Waals surface area contributed by atoms with E-state index in [1.54, 1.807) is 19.2 Å². The molecule has 2 atom stereocenters. The van der Waals surface area contributed by atoms with Gasteiger partial charge < -0.3 is 4.74 Å². The Balaban J connectivity index is 2.00. The maximum atomic E-state index is 12.1. The standard InChI is InChI=1S/C14H21NO3S/c1-11-6-8-13(9-7-11)19(16,17)15-10-12-4-3-5-14(12)18-2/h6-9,12,14-15H,3-5,10H2,1-2H3/t12-,14-/m0/s1. The van der Waals surface area contributed by atoms with Gasteiger partial charge in [0.15, 0.2) is 0 Å². The first-order valence-electron chi connectivity index (χ1n) is 6.62. The predicted octanol–water partition coefficient (Wildman–Crippen LogP) is 2.09. The Hall–Kier alpha value is -0.910. The zero-order valence-corrected chi connectivity index (χ0v) is 12.2. The van der Waals surface area contributed by atoms with Crippen molar-refractivity contribution in [1.82, 2.24) is 4.72 Å². The van der Waals surface area contributed by atoms with E-state index in [0.29, 0.717) is 11.4 Å². The molecule has 0 aromatic heterocycles. The normalized spacial score (nSPS) is 23.7. The van der Waals surface area contributed by atoms with Gasteiger partial charge in [-0.15, -0.1) is 0 Å². The molecule has 0 radical (unpaired) electrons. The monoisotopic (exact) mass is 283 g/mol. The van der Waals surface area contributed by atoms with Gasteiger partial charge in [0, 0.05) is 13.7 Å². The van der Waals surface area contributed by atoms with Crippen LogP contribution in [0.2, 0.25) is 0 Å². The summed E-state index contributed by atoms with van der Waals surface area (Å²) >= 11 is 0. The molecule has 1 aromatic rings. The minimum Gasteiger partial charge on any atom is -0.381 e. The average Bonchev–Trinajstić information content (AvgIpc) is 2.84. The van der Waals surface area contributed by atoms with Crippen LogP contribution in [0.25, 0.3) is 0 Å². The van der Waals surface area contributed by atoms with Gasteiger partial charge in [-0.2, -0.15) is 0 Å². The number of hydrogen-bond donors (Lipinski definition) is 1. The molecule has 0 bridgehead atoms. The molecule has 1 N–H and O–H groups in total. The first-order chi connectivity index (χ1) is 9.03. The molecule has 0 spiro atoms. The fourth-order valence-corrected chi connectivity index (χ4v) is 3.66. The molecule has 106 valence electrons. The summed E-state index contributed by atoms with van der Waals surface area (Å²) in [4.78, 5) is 0.324. The minimum absolute atomic E-state index is 0.181. The first kappa shape index (κ1) is 14.5. The van der Waals surface area contributed by atoms with Gasteiger partial charge in [0.2, 0.25) is 10.0 Å². The molecule has 1 aliphatic carbocycles. The molecule has 0 heterocycles. The molecular weight excluding hydrogens is 262 g/mol. The molecule has 1 fully saturated rings. The van der Waals surface area contributed by atoms with Crippen molar-refractivity contribution in [2.75, 3.05) is 13.7 Å². The van der Waals surface area contributed by atoms with E-state index in [2.05, 4.69) is 4.72 Å². The molecule has 0 amide bonds. The third kappa shape index (κ3) is 3.55. The number of ether oxygens (including phenoxy) is 1. The highest BCUT2D eigenvalue weighted by Crippen LogP contribution is 2.27. The Morgan fingerprint density at radius 1 is 1.26 bits per heavy atom. The van der Waals surface area contributed by atoms with E-state index in [9.17, 15) is 8.42 Å². The lowest BCUT2D eigenvalue weighted by molar-refractivity contribution is 0.0729. The van der Waals surface area contributed by atoms with Gasteiger partial charge in [0.1, 0.15) is 0 Å². The largest absolute Gasteiger partial charge is 0.381 e. The molecule has 0 aliphatic heterocycles. The third-order valence-corrected chi connectivity index (χ3v) is 5.20. The van der Waals surface area contributed by atoms with E-state index < -0.39 is 10.0 Å². The number of methoxy groups -OCH3 is 1. The summed E-state index contributed by atoms with van der Waals surface area (Å²) in [5.74, 6) is 0.283. The van der Waals surface area contributed by atoms with Gasteiger partial charge >= 0.3 is 0 Å². The fourth-order valence-electron chi connectivity index (χ4n) is 2.56. The van der Waals surface area contributed by atoms with Crippen LogP contribution in [0.1, 0.15) is 24.8 Å². The van der Waals surface area contributed by atoms with Crippen molar-refractivity contribution < 1.29 is 13.2 Å². The van der Waals surface area contributed by atoms with Crippen LogP contribution >= 0.6 is 0 Å². The second-order valence-electron chi connectivity index (χ2n) is 5.13. The van der Waals surface area contributed by atoms with Crippen LogP contribution in [0.5, 0.6) is 0 Å². The van der Waals surface area contributed by atoms with E-state index in [1.165, 1.54) is 0 Å². The summed E-state index contributed by atoms with van der Waals surface area (Å²) in [5, 5.41) is 0. The van der Waals surface area contributed by atoms with Crippen molar-refractivity contribution in [3.63, 3.8) is 0 Å². The van der Waals surface area contributed by atoms with Gasteiger partial charge in [-0.3, -0.25) is 0 Å². The number of sulfonamides is 1. The number of benzene rings is 1. The summed E-state index contributed by atoms with van der Waals surface area (Å²) in [6, 6.07) is 6.89. The first-order valence-corrected chi connectivity index (χ1v) is 8.10. The summed E-state index contributed by atoms with van der Waals surface area (Å²) in [6.07, 6.45) is 3.33. The third-order valence-electron chi connectivity index (χ3n) is 3.76. The molecule has 1 aromatic carbocycles. The summed E-state index contributed by atoms with van der Waals surface area (Å²) in [6.45, 7) is 2.39. The molecule has 1 saturated carbocycles. The second-order valence-corrected chi connectivity index (χ2v) is 6.90. The van der Waals surface area contributed by atoms with E-state index in [-0.39, 0.29) is 12.0 Å². The van der Waals surface area contributed by atoms with Crippen molar-refractivity contribution in [3.8, 4) is 0 Å². The molecular formula is C14H21NO3S. The number of nitrogens with one attached hydrogen (secondary N) is 1. The second kappa shape index (κ2) is 6.03. The van der Waals surface area contributed by atoms with E-state index >= 15 is 0 Å². The maximum Gasteiger partial charge on any atom is 0.240 e. The van der Waals surface area contributed by atoms with Crippen molar-refractivity contribution >= 4 is 10.0 Å². The molecule has 19 heavy (non-hydrogen) atoms. The number of hydrogen-bond acceptors (Lipinski definition) is 3. The lowest BCUT2D eigenvalue weighted by atomic mass is 10.1. The lowest BCUT2D eigenvalue weighted by Crippen LogP contribution is -2.33. The topological polar surface area (TPSA) is 55.4 Å². The summed E-state index contributed by atoms with van der Waals surface area (Å²) in [5.41, 5.74) is 1.05. The zero-order valence-electron chi connectivity index (χ0n) is 11.4. The van der Waals surface area contributed by atoms with Crippen molar-refractivity contribution in [2.24, 2.45) is 5.92 Å². The molecule has 0 unspecified atom stereocenters. The summed E-state index contributed by atoms with van der Waals surface area (Å²) < 4.78 is 32.4. The van der Waals surface area contributed by atoms with E-state index in [0.717, 1.165) is 24.8 Å². The van der Waals surface area contributed by atoms with Gasteiger partial charge in [-0.25, -0.2) is 13.1 Å². The molecule has 0 saturated heterocycles. The van der Waals surface area contributed by atoms with Crippen LogP contribution < -0.4 is 4.72 Å². The highest BCUT2D eigenvalue weighted by Gasteiger charge is 2.28. The van der Waals surface area contributed by atoms with Crippen LogP contribution in [0.3, 0.4) is 0 Å². The van der Waals surface area contributed by atoms with Gasteiger partial charge in [-0.1, -0.05) is 24.1 Å². The summed E-state index contributed by atoms with van der Waals surface area (Å²) in [7, 11) is -1.71. The highest BCUT2D eigenvalue weighted by molar-refractivity contribution is 7.89. The predicted molar refractivity (Wildman–Crippen MR) is 74.5 cm³/mol. The Morgan fingerprint density at radius 3 is 2.58 bits per heavy atom. The maximum absolute atomic E-state index is 12.1. The minimum atomic E-state index is -3.40. The highest BCUT2D eigenvalue weighted by atomic mass is 32.2. The molecule has 2 rings (SSSR count). The number of aryl methyl sites for hydroxylation is 1.